The number of hydrogen-bond acceptors (Lipinski definition) is 5. The highest BCUT2D eigenvalue weighted by atomic mass is 32.1. The average Bonchev–Trinajstić information content (AvgIpc) is 3.03. The van der Waals surface area contributed by atoms with E-state index in [9.17, 15) is 4.79 Å². The summed E-state index contributed by atoms with van der Waals surface area (Å²) in [7, 11) is 0. The highest BCUT2D eigenvalue weighted by Gasteiger charge is 2.18. The fourth-order valence-electron chi connectivity index (χ4n) is 4.30. The number of thiophene rings is 1. The molecule has 33 heavy (non-hydrogen) atoms. The first-order valence-corrected chi connectivity index (χ1v) is 12.3. The second-order valence-electron chi connectivity index (χ2n) is 8.29. The van der Waals surface area contributed by atoms with Crippen LogP contribution in [0.1, 0.15) is 35.3 Å². The fraction of sp³-hybridized carbons (Fsp3) is 0.269. The van der Waals surface area contributed by atoms with Gasteiger partial charge in [-0.3, -0.25) is 0 Å². The molecule has 0 bridgehead atoms. The summed E-state index contributed by atoms with van der Waals surface area (Å²) in [6.07, 6.45) is 8.66. The van der Waals surface area contributed by atoms with Gasteiger partial charge in [-0.05, 0) is 67.5 Å². The SMILES string of the molecule is O=C(Nc1ccccc1)Nc1ccc(CCNc2ncnc3sc4c(c23)CCCCC4)cc1. The molecule has 0 atom stereocenters. The number of amides is 2. The van der Waals surface area contributed by atoms with Gasteiger partial charge < -0.3 is 16.0 Å². The second kappa shape index (κ2) is 10.0. The lowest BCUT2D eigenvalue weighted by molar-refractivity contribution is 0.262. The zero-order valence-corrected chi connectivity index (χ0v) is 19.3. The topological polar surface area (TPSA) is 78.9 Å². The summed E-state index contributed by atoms with van der Waals surface area (Å²) in [6, 6.07) is 17.1. The van der Waals surface area contributed by atoms with Gasteiger partial charge in [-0.1, -0.05) is 36.8 Å². The standard InChI is InChI=1S/C26H27N5OS/c32-26(30-19-7-3-1-4-8-19)31-20-13-11-18(12-14-20)15-16-27-24-23-21-9-5-2-6-10-22(21)33-25(23)29-17-28-24/h1,3-4,7-8,11-14,17H,2,5-6,9-10,15-16H2,(H,27,28,29)(H2,30,31,32). The number of carbonyl (C=O) groups excluding carboxylic acids is 1. The Morgan fingerprint density at radius 1 is 0.879 bits per heavy atom. The molecular formula is C26H27N5OS. The summed E-state index contributed by atoms with van der Waals surface area (Å²) in [6.45, 7) is 0.790. The maximum absolute atomic E-state index is 12.2. The lowest BCUT2D eigenvalue weighted by atomic mass is 10.1. The predicted octanol–water partition coefficient (Wildman–Crippen LogP) is 6.26. The molecule has 0 saturated heterocycles. The van der Waals surface area contributed by atoms with Crippen LogP contribution in [0, 0.1) is 0 Å². The van der Waals surface area contributed by atoms with Gasteiger partial charge in [0, 0.05) is 22.8 Å². The van der Waals surface area contributed by atoms with Gasteiger partial charge in [0.1, 0.15) is 17.0 Å². The number of urea groups is 1. The van der Waals surface area contributed by atoms with E-state index in [0.29, 0.717) is 0 Å². The molecule has 0 radical (unpaired) electrons. The minimum Gasteiger partial charge on any atom is -0.369 e. The smallest absolute Gasteiger partial charge is 0.323 e. The Bertz CT molecular complexity index is 1240. The third-order valence-electron chi connectivity index (χ3n) is 5.95. The largest absolute Gasteiger partial charge is 0.369 e. The van der Waals surface area contributed by atoms with Crippen LogP contribution in [0.15, 0.2) is 60.9 Å². The van der Waals surface area contributed by atoms with E-state index < -0.39 is 0 Å². The number of rotatable bonds is 6. The molecule has 2 aromatic carbocycles. The molecule has 3 N–H and O–H groups in total. The first kappa shape index (κ1) is 21.4. The van der Waals surface area contributed by atoms with Crippen molar-refractivity contribution >= 4 is 44.8 Å². The van der Waals surface area contributed by atoms with Crippen molar-refractivity contribution in [2.45, 2.75) is 38.5 Å². The van der Waals surface area contributed by atoms with Crippen LogP contribution < -0.4 is 16.0 Å². The van der Waals surface area contributed by atoms with Gasteiger partial charge in [-0.25, -0.2) is 14.8 Å². The molecule has 2 aromatic heterocycles. The van der Waals surface area contributed by atoms with Crippen LogP contribution in [0.3, 0.4) is 0 Å². The number of benzene rings is 2. The molecule has 4 aromatic rings. The van der Waals surface area contributed by atoms with Crippen molar-refractivity contribution in [3.8, 4) is 0 Å². The van der Waals surface area contributed by atoms with Crippen LogP contribution in [0.5, 0.6) is 0 Å². The highest BCUT2D eigenvalue weighted by Crippen LogP contribution is 2.37. The number of nitrogens with one attached hydrogen (secondary N) is 3. The van der Waals surface area contributed by atoms with Crippen LogP contribution in [-0.4, -0.2) is 22.5 Å². The van der Waals surface area contributed by atoms with Crippen molar-refractivity contribution in [3.63, 3.8) is 0 Å². The highest BCUT2D eigenvalue weighted by molar-refractivity contribution is 7.18. The van der Waals surface area contributed by atoms with E-state index in [4.69, 9.17) is 0 Å². The third-order valence-corrected chi connectivity index (χ3v) is 7.15. The molecule has 5 rings (SSSR count). The van der Waals surface area contributed by atoms with Gasteiger partial charge in [0.05, 0.1) is 5.39 Å². The number of hydrogen-bond donors (Lipinski definition) is 3. The van der Waals surface area contributed by atoms with Crippen molar-refractivity contribution in [2.75, 3.05) is 22.5 Å². The Labute approximate surface area is 197 Å². The molecule has 1 aliphatic rings. The normalized spacial score (nSPS) is 13.2. The Morgan fingerprint density at radius 2 is 1.64 bits per heavy atom. The molecule has 0 unspecified atom stereocenters. The average molecular weight is 458 g/mol. The number of aromatic nitrogens is 2. The number of carbonyl (C=O) groups is 1. The number of fused-ring (bicyclic) bond motifs is 3. The van der Waals surface area contributed by atoms with E-state index in [0.717, 1.165) is 41.4 Å². The van der Waals surface area contributed by atoms with Gasteiger partial charge in [0.15, 0.2) is 0 Å². The van der Waals surface area contributed by atoms with E-state index in [2.05, 4.69) is 25.9 Å². The minimum atomic E-state index is -0.252. The van der Waals surface area contributed by atoms with E-state index in [1.165, 1.54) is 47.1 Å². The van der Waals surface area contributed by atoms with E-state index >= 15 is 0 Å². The first-order valence-electron chi connectivity index (χ1n) is 11.5. The van der Waals surface area contributed by atoms with Crippen molar-refractivity contribution in [3.05, 3.63) is 76.9 Å². The molecule has 168 valence electrons. The summed E-state index contributed by atoms with van der Waals surface area (Å²) >= 11 is 1.83. The second-order valence-corrected chi connectivity index (χ2v) is 9.37. The monoisotopic (exact) mass is 457 g/mol. The van der Waals surface area contributed by atoms with Crippen molar-refractivity contribution in [1.82, 2.24) is 9.97 Å². The van der Waals surface area contributed by atoms with Crippen molar-refractivity contribution in [2.24, 2.45) is 0 Å². The van der Waals surface area contributed by atoms with Crippen LogP contribution in [0.25, 0.3) is 10.2 Å². The molecule has 0 fully saturated rings. The predicted molar refractivity (Wildman–Crippen MR) is 136 cm³/mol. The van der Waals surface area contributed by atoms with Crippen LogP contribution in [0.2, 0.25) is 0 Å². The van der Waals surface area contributed by atoms with Gasteiger partial charge in [-0.15, -0.1) is 11.3 Å². The molecule has 0 spiro atoms. The lowest BCUT2D eigenvalue weighted by Crippen LogP contribution is -2.19. The molecule has 7 heteroatoms. The number of nitrogens with zero attached hydrogens (tertiary/aromatic N) is 2. The molecule has 6 nitrogen and oxygen atoms in total. The fourth-order valence-corrected chi connectivity index (χ4v) is 5.52. The zero-order chi connectivity index (χ0) is 22.5. The summed E-state index contributed by atoms with van der Waals surface area (Å²) in [4.78, 5) is 23.8. The lowest BCUT2D eigenvalue weighted by Gasteiger charge is -2.10. The van der Waals surface area contributed by atoms with Crippen molar-refractivity contribution in [1.29, 1.82) is 0 Å². The third kappa shape index (κ3) is 5.14. The maximum Gasteiger partial charge on any atom is 0.323 e. The van der Waals surface area contributed by atoms with E-state index in [1.54, 1.807) is 6.33 Å². The van der Waals surface area contributed by atoms with Gasteiger partial charge in [0.2, 0.25) is 0 Å². The zero-order valence-electron chi connectivity index (χ0n) is 18.4. The summed E-state index contributed by atoms with van der Waals surface area (Å²) < 4.78 is 0. The molecule has 2 heterocycles. The summed E-state index contributed by atoms with van der Waals surface area (Å²) in [5.74, 6) is 0.954. The number of aryl methyl sites for hydroxylation is 2. The van der Waals surface area contributed by atoms with Gasteiger partial charge >= 0.3 is 6.03 Å². The van der Waals surface area contributed by atoms with Crippen molar-refractivity contribution < 1.29 is 4.79 Å². The van der Waals surface area contributed by atoms with Crippen LogP contribution in [0.4, 0.5) is 22.0 Å². The molecule has 0 aliphatic heterocycles. The Morgan fingerprint density at radius 3 is 2.45 bits per heavy atom. The summed E-state index contributed by atoms with van der Waals surface area (Å²) in [5.41, 5.74) is 4.18. The minimum absolute atomic E-state index is 0.252. The van der Waals surface area contributed by atoms with E-state index in [-0.39, 0.29) is 6.03 Å². The Balaban J connectivity index is 1.18. The van der Waals surface area contributed by atoms with Crippen LogP contribution >= 0.6 is 11.3 Å². The number of anilines is 3. The Hall–Kier alpha value is -3.45. The number of para-hydroxylation sites is 1. The Kier molecular flexibility index (Phi) is 6.48. The van der Waals surface area contributed by atoms with Gasteiger partial charge in [-0.2, -0.15) is 0 Å². The molecule has 2 amide bonds. The molecular weight excluding hydrogens is 430 g/mol. The van der Waals surface area contributed by atoms with E-state index in [1.807, 2.05) is 65.9 Å². The molecule has 1 aliphatic carbocycles. The quantitative estimate of drug-likeness (QED) is 0.299. The summed E-state index contributed by atoms with van der Waals surface area (Å²) in [5, 5.41) is 10.5. The molecule has 0 saturated carbocycles. The van der Waals surface area contributed by atoms with Gasteiger partial charge in [0.25, 0.3) is 0 Å². The maximum atomic E-state index is 12.2. The van der Waals surface area contributed by atoms with Crippen LogP contribution in [-0.2, 0) is 19.3 Å². The first-order chi connectivity index (χ1) is 16.3.